The number of phenolic OH excluding ortho intramolecular Hbond substituents is 1. The van der Waals surface area contributed by atoms with Crippen molar-refractivity contribution in [3.05, 3.63) is 66.2 Å². The van der Waals surface area contributed by atoms with E-state index in [1.54, 1.807) is 24.3 Å². The number of rotatable bonds is 9. The van der Waals surface area contributed by atoms with Crippen LogP contribution in [-0.4, -0.2) is 16.8 Å². The number of aliphatic hydroxyl groups excluding tert-OH is 1. The summed E-state index contributed by atoms with van der Waals surface area (Å²) < 4.78 is 0. The van der Waals surface area contributed by atoms with E-state index in [0.717, 1.165) is 6.42 Å². The molecule has 0 aromatic heterocycles. The molecule has 2 heteroatoms. The van der Waals surface area contributed by atoms with E-state index >= 15 is 0 Å². The lowest BCUT2D eigenvalue weighted by molar-refractivity contribution is 0.282. The smallest absolute Gasteiger partial charge is 0.115 e. The van der Waals surface area contributed by atoms with E-state index in [1.165, 1.54) is 50.5 Å². The number of aromatic hydroxyl groups is 1. The van der Waals surface area contributed by atoms with Gasteiger partial charge in [0, 0.05) is 6.61 Å². The van der Waals surface area contributed by atoms with Gasteiger partial charge in [0.2, 0.25) is 0 Å². The van der Waals surface area contributed by atoms with Crippen molar-refractivity contribution in [2.24, 2.45) is 0 Å². The number of benzene rings is 2. The molecule has 0 heterocycles. The van der Waals surface area contributed by atoms with Crippen LogP contribution in [0.3, 0.4) is 0 Å². The van der Waals surface area contributed by atoms with Gasteiger partial charge in [0.25, 0.3) is 0 Å². The van der Waals surface area contributed by atoms with Crippen molar-refractivity contribution >= 4 is 0 Å². The first kappa shape index (κ1) is 19.2. The van der Waals surface area contributed by atoms with Gasteiger partial charge in [-0.25, -0.2) is 0 Å². The summed E-state index contributed by atoms with van der Waals surface area (Å²) in [6.07, 6.45) is 9.99. The Morgan fingerprint density at radius 1 is 0.565 bits per heavy atom. The van der Waals surface area contributed by atoms with Crippen LogP contribution < -0.4 is 0 Å². The molecule has 0 aliphatic heterocycles. The minimum atomic E-state index is 0.322. The number of para-hydroxylation sites is 1. The molecule has 0 radical (unpaired) electrons. The van der Waals surface area contributed by atoms with Crippen molar-refractivity contribution in [2.45, 2.75) is 51.4 Å². The van der Waals surface area contributed by atoms with E-state index in [1.807, 2.05) is 6.07 Å². The SMILES string of the molecule is OCCCCCCCCCc1ccccc1.Oc1ccccc1. The second-order valence-electron chi connectivity index (χ2n) is 5.77. The molecule has 0 aliphatic rings. The summed E-state index contributed by atoms with van der Waals surface area (Å²) in [4.78, 5) is 0. The van der Waals surface area contributed by atoms with E-state index in [4.69, 9.17) is 10.2 Å². The van der Waals surface area contributed by atoms with Crippen LogP contribution in [0.25, 0.3) is 0 Å². The molecule has 0 saturated carbocycles. The predicted octanol–water partition coefficient (Wildman–Crippen LogP) is 5.34. The van der Waals surface area contributed by atoms with Crippen LogP contribution in [0.5, 0.6) is 5.75 Å². The number of unbranched alkanes of at least 4 members (excludes halogenated alkanes) is 6. The van der Waals surface area contributed by atoms with Crippen LogP contribution in [0.1, 0.15) is 50.5 Å². The average molecular weight is 314 g/mol. The van der Waals surface area contributed by atoms with Crippen LogP contribution >= 0.6 is 0 Å². The molecule has 126 valence electrons. The molecule has 2 N–H and O–H groups in total. The summed E-state index contributed by atoms with van der Waals surface area (Å²) in [6.45, 7) is 0.355. The van der Waals surface area contributed by atoms with Gasteiger partial charge in [-0.15, -0.1) is 0 Å². The molecular formula is C21H30O2. The topological polar surface area (TPSA) is 40.5 Å². The van der Waals surface area contributed by atoms with Crippen molar-refractivity contribution < 1.29 is 10.2 Å². The molecule has 0 saturated heterocycles. The highest BCUT2D eigenvalue weighted by Crippen LogP contribution is 2.10. The Balaban J connectivity index is 0.000000313. The lowest BCUT2D eigenvalue weighted by Crippen LogP contribution is -1.86. The molecule has 2 rings (SSSR count). The van der Waals surface area contributed by atoms with Gasteiger partial charge < -0.3 is 10.2 Å². The van der Waals surface area contributed by atoms with Gasteiger partial charge in [0.15, 0.2) is 0 Å². The first-order chi connectivity index (χ1) is 11.3. The minimum absolute atomic E-state index is 0.322. The number of phenols is 1. The Hall–Kier alpha value is -1.80. The Labute approximate surface area is 140 Å². The molecule has 2 aromatic rings. The average Bonchev–Trinajstić information content (AvgIpc) is 2.59. The van der Waals surface area contributed by atoms with Crippen LogP contribution in [0.2, 0.25) is 0 Å². The zero-order chi connectivity index (χ0) is 16.6. The third kappa shape index (κ3) is 11.4. The Kier molecular flexibility index (Phi) is 11.6. The number of aryl methyl sites for hydroxylation is 1. The lowest BCUT2D eigenvalue weighted by atomic mass is 10.0. The Bertz CT molecular complexity index is 468. The number of hydrogen-bond acceptors (Lipinski definition) is 2. The highest BCUT2D eigenvalue weighted by atomic mass is 16.3. The van der Waals surface area contributed by atoms with Gasteiger partial charge in [-0.3, -0.25) is 0 Å². The molecule has 2 nitrogen and oxygen atoms in total. The quantitative estimate of drug-likeness (QED) is 0.613. The third-order valence-electron chi connectivity index (χ3n) is 3.72. The van der Waals surface area contributed by atoms with E-state index in [2.05, 4.69) is 30.3 Å². The summed E-state index contributed by atoms with van der Waals surface area (Å²) in [7, 11) is 0. The molecule has 0 fully saturated rings. The van der Waals surface area contributed by atoms with Crippen LogP contribution in [0.4, 0.5) is 0 Å². The Morgan fingerprint density at radius 2 is 1.04 bits per heavy atom. The summed E-state index contributed by atoms with van der Waals surface area (Å²) in [5.41, 5.74) is 1.46. The highest BCUT2D eigenvalue weighted by molar-refractivity contribution is 5.18. The standard InChI is InChI=1S/C15H24O.C6H6O/c16-14-10-5-3-1-2-4-7-11-15-12-8-6-9-13-15;7-6-4-2-1-3-5-6/h6,8-9,12-13,16H,1-5,7,10-11,14H2;1-5,7H. The van der Waals surface area contributed by atoms with Crippen molar-refractivity contribution in [1.82, 2.24) is 0 Å². The molecule has 0 spiro atoms. The molecule has 0 bridgehead atoms. The van der Waals surface area contributed by atoms with Gasteiger partial charge in [-0.1, -0.05) is 80.6 Å². The van der Waals surface area contributed by atoms with E-state index in [9.17, 15) is 0 Å². The van der Waals surface area contributed by atoms with Gasteiger partial charge in [-0.2, -0.15) is 0 Å². The normalized spacial score (nSPS) is 9.96. The lowest BCUT2D eigenvalue weighted by Gasteiger charge is -2.02. The zero-order valence-electron chi connectivity index (χ0n) is 14.0. The maximum atomic E-state index is 8.63. The summed E-state index contributed by atoms with van der Waals surface area (Å²) in [5, 5.41) is 17.3. The van der Waals surface area contributed by atoms with Crippen molar-refractivity contribution in [3.8, 4) is 5.75 Å². The Morgan fingerprint density at radius 3 is 1.52 bits per heavy atom. The van der Waals surface area contributed by atoms with Crippen molar-refractivity contribution in [2.75, 3.05) is 6.61 Å². The summed E-state index contributed by atoms with van der Waals surface area (Å²) in [5.74, 6) is 0.322. The fourth-order valence-electron chi connectivity index (χ4n) is 2.40. The zero-order valence-corrected chi connectivity index (χ0v) is 14.0. The van der Waals surface area contributed by atoms with E-state index in [-0.39, 0.29) is 0 Å². The summed E-state index contributed by atoms with van der Waals surface area (Å²) in [6, 6.07) is 19.4. The van der Waals surface area contributed by atoms with Crippen LogP contribution in [0.15, 0.2) is 60.7 Å². The molecule has 2 aromatic carbocycles. The number of aliphatic hydroxyl groups is 1. The minimum Gasteiger partial charge on any atom is -0.508 e. The molecule has 23 heavy (non-hydrogen) atoms. The highest BCUT2D eigenvalue weighted by Gasteiger charge is 1.93. The monoisotopic (exact) mass is 314 g/mol. The predicted molar refractivity (Wildman–Crippen MR) is 97.7 cm³/mol. The van der Waals surface area contributed by atoms with Crippen LogP contribution in [0, 0.1) is 0 Å². The fraction of sp³-hybridized carbons (Fsp3) is 0.429. The van der Waals surface area contributed by atoms with Gasteiger partial charge in [0.05, 0.1) is 0 Å². The van der Waals surface area contributed by atoms with Gasteiger partial charge in [-0.05, 0) is 37.0 Å². The van der Waals surface area contributed by atoms with E-state index in [0.29, 0.717) is 12.4 Å². The third-order valence-corrected chi connectivity index (χ3v) is 3.72. The molecule has 0 aliphatic carbocycles. The first-order valence-electron chi connectivity index (χ1n) is 8.71. The first-order valence-corrected chi connectivity index (χ1v) is 8.71. The maximum absolute atomic E-state index is 8.63. The van der Waals surface area contributed by atoms with E-state index < -0.39 is 0 Å². The fourth-order valence-corrected chi connectivity index (χ4v) is 2.40. The molecule has 0 amide bonds. The summed E-state index contributed by atoms with van der Waals surface area (Å²) >= 11 is 0. The molecule has 0 unspecified atom stereocenters. The molecular weight excluding hydrogens is 284 g/mol. The number of hydrogen-bond donors (Lipinski definition) is 2. The second-order valence-corrected chi connectivity index (χ2v) is 5.77. The van der Waals surface area contributed by atoms with Crippen molar-refractivity contribution in [3.63, 3.8) is 0 Å². The maximum Gasteiger partial charge on any atom is 0.115 e. The largest absolute Gasteiger partial charge is 0.508 e. The van der Waals surface area contributed by atoms with Gasteiger partial charge in [0.1, 0.15) is 5.75 Å². The van der Waals surface area contributed by atoms with Crippen molar-refractivity contribution in [1.29, 1.82) is 0 Å². The molecule has 0 atom stereocenters. The second kappa shape index (κ2) is 13.8. The van der Waals surface area contributed by atoms with Gasteiger partial charge >= 0.3 is 0 Å². The van der Waals surface area contributed by atoms with Crippen LogP contribution in [-0.2, 0) is 6.42 Å².